The van der Waals surface area contributed by atoms with Gasteiger partial charge in [0, 0.05) is 13.1 Å². The number of aliphatic hydroxyl groups excluding tert-OH is 1. The summed E-state index contributed by atoms with van der Waals surface area (Å²) in [7, 11) is 1.68. The molecule has 1 aliphatic rings. The molecule has 1 rings (SSSR count). The zero-order valence-corrected chi connectivity index (χ0v) is 11.8. The second-order valence-corrected chi connectivity index (χ2v) is 5.45. The van der Waals surface area contributed by atoms with Crippen LogP contribution in [0.25, 0.3) is 0 Å². The van der Waals surface area contributed by atoms with Gasteiger partial charge in [0.2, 0.25) is 0 Å². The van der Waals surface area contributed by atoms with Crippen LogP contribution in [0.1, 0.15) is 39.5 Å². The molecule has 110 valence electrons. The van der Waals surface area contributed by atoms with Crippen molar-refractivity contribution in [2.24, 2.45) is 5.92 Å². The first kappa shape index (κ1) is 15.8. The lowest BCUT2D eigenvalue weighted by Crippen LogP contribution is -2.54. The number of carbonyl (C=O) groups excluding carboxylic acids is 1. The summed E-state index contributed by atoms with van der Waals surface area (Å²) >= 11 is 0. The first-order valence-corrected chi connectivity index (χ1v) is 6.78. The molecular weight excluding hydrogens is 248 g/mol. The maximum absolute atomic E-state index is 12.0. The van der Waals surface area contributed by atoms with Gasteiger partial charge in [-0.15, -0.1) is 0 Å². The Hall–Kier alpha value is -1.30. The number of rotatable bonds is 4. The Morgan fingerprint density at radius 2 is 1.89 bits per heavy atom. The van der Waals surface area contributed by atoms with Crippen LogP contribution in [0.5, 0.6) is 0 Å². The second kappa shape index (κ2) is 6.75. The van der Waals surface area contributed by atoms with E-state index in [4.69, 9.17) is 5.11 Å². The lowest BCUT2D eigenvalue weighted by atomic mass is 9.85. The van der Waals surface area contributed by atoms with Crippen LogP contribution in [0.15, 0.2) is 0 Å². The molecular formula is C13H24N2O4. The molecule has 0 radical (unpaired) electrons. The number of urea groups is 1. The molecule has 2 unspecified atom stereocenters. The van der Waals surface area contributed by atoms with E-state index in [-0.39, 0.29) is 6.04 Å². The van der Waals surface area contributed by atoms with Gasteiger partial charge in [-0.25, -0.2) is 9.59 Å². The van der Waals surface area contributed by atoms with E-state index in [0.29, 0.717) is 5.92 Å². The van der Waals surface area contributed by atoms with Gasteiger partial charge in [0.15, 0.2) is 6.04 Å². The highest BCUT2D eigenvalue weighted by Crippen LogP contribution is 2.27. The van der Waals surface area contributed by atoms with E-state index < -0.39 is 24.1 Å². The summed E-state index contributed by atoms with van der Waals surface area (Å²) in [6.07, 6.45) is 3.17. The third-order valence-electron chi connectivity index (χ3n) is 3.91. The van der Waals surface area contributed by atoms with Crippen LogP contribution < -0.4 is 5.32 Å². The summed E-state index contributed by atoms with van der Waals surface area (Å²) < 4.78 is 0. The number of carbonyl (C=O) groups is 2. The van der Waals surface area contributed by atoms with Crippen LogP contribution in [0.4, 0.5) is 4.79 Å². The summed E-state index contributed by atoms with van der Waals surface area (Å²) in [6.45, 7) is 3.46. The molecule has 3 N–H and O–H groups in total. The van der Waals surface area contributed by atoms with Gasteiger partial charge in [0.25, 0.3) is 0 Å². The Bertz CT molecular complexity index is 333. The standard InChI is InChI=1S/C13H24N2O4/c1-8-6-4-5-7-10(8)15(3)13(19)14-11(9(2)16)12(17)18/h8-11,16H,4-7H2,1-3H3,(H,14,19)(H,17,18)/t8?,9-,10?,11+/m1/s1. The highest BCUT2D eigenvalue weighted by atomic mass is 16.4. The molecule has 6 heteroatoms. The van der Waals surface area contributed by atoms with Crippen molar-refractivity contribution in [3.05, 3.63) is 0 Å². The number of nitrogens with zero attached hydrogens (tertiary/aromatic N) is 1. The fourth-order valence-electron chi connectivity index (χ4n) is 2.65. The van der Waals surface area contributed by atoms with Crippen LogP contribution >= 0.6 is 0 Å². The predicted molar refractivity (Wildman–Crippen MR) is 70.8 cm³/mol. The van der Waals surface area contributed by atoms with Crippen LogP contribution in [-0.2, 0) is 4.79 Å². The minimum Gasteiger partial charge on any atom is -0.480 e. The monoisotopic (exact) mass is 272 g/mol. The molecule has 1 fully saturated rings. The van der Waals surface area contributed by atoms with Gasteiger partial charge < -0.3 is 20.4 Å². The smallest absolute Gasteiger partial charge is 0.328 e. The minimum absolute atomic E-state index is 0.136. The number of nitrogens with one attached hydrogen (secondary N) is 1. The molecule has 0 bridgehead atoms. The van der Waals surface area contributed by atoms with Crippen molar-refractivity contribution in [3.63, 3.8) is 0 Å². The quantitative estimate of drug-likeness (QED) is 0.713. The lowest BCUT2D eigenvalue weighted by Gasteiger charge is -2.36. The molecule has 1 saturated carbocycles. The van der Waals surface area contributed by atoms with E-state index in [0.717, 1.165) is 19.3 Å². The van der Waals surface area contributed by atoms with Gasteiger partial charge in [0.05, 0.1) is 6.10 Å². The number of amides is 2. The van der Waals surface area contributed by atoms with Crippen LogP contribution in [0.2, 0.25) is 0 Å². The number of carboxylic acid groups (broad SMARTS) is 1. The fourth-order valence-corrected chi connectivity index (χ4v) is 2.65. The molecule has 0 heterocycles. The topological polar surface area (TPSA) is 89.9 Å². The van der Waals surface area contributed by atoms with Crippen LogP contribution in [-0.4, -0.2) is 52.3 Å². The average molecular weight is 272 g/mol. The first-order chi connectivity index (χ1) is 8.84. The van der Waals surface area contributed by atoms with E-state index >= 15 is 0 Å². The molecule has 4 atom stereocenters. The number of carboxylic acids is 1. The van der Waals surface area contributed by atoms with Crippen molar-refractivity contribution in [3.8, 4) is 0 Å². The van der Waals surface area contributed by atoms with Gasteiger partial charge in [-0.3, -0.25) is 0 Å². The summed E-state index contributed by atoms with van der Waals surface area (Å²) in [6, 6.07) is -1.57. The maximum atomic E-state index is 12.0. The Morgan fingerprint density at radius 3 is 2.37 bits per heavy atom. The molecule has 1 aliphatic carbocycles. The van der Waals surface area contributed by atoms with Crippen molar-refractivity contribution in [1.82, 2.24) is 10.2 Å². The van der Waals surface area contributed by atoms with Crippen molar-refractivity contribution in [1.29, 1.82) is 0 Å². The number of hydrogen-bond donors (Lipinski definition) is 3. The van der Waals surface area contributed by atoms with Gasteiger partial charge in [0.1, 0.15) is 0 Å². The van der Waals surface area contributed by atoms with Crippen LogP contribution in [0, 0.1) is 5.92 Å². The maximum Gasteiger partial charge on any atom is 0.328 e. The molecule has 0 aliphatic heterocycles. The molecule has 19 heavy (non-hydrogen) atoms. The Morgan fingerprint density at radius 1 is 1.32 bits per heavy atom. The van der Waals surface area contributed by atoms with Gasteiger partial charge in [-0.2, -0.15) is 0 Å². The summed E-state index contributed by atoms with van der Waals surface area (Å²) in [4.78, 5) is 24.6. The van der Waals surface area contributed by atoms with Gasteiger partial charge in [-0.1, -0.05) is 19.8 Å². The zero-order chi connectivity index (χ0) is 14.6. The molecule has 0 aromatic carbocycles. The Balaban J connectivity index is 2.63. The summed E-state index contributed by atoms with van der Waals surface area (Å²) in [5.41, 5.74) is 0. The fraction of sp³-hybridized carbons (Fsp3) is 0.846. The van der Waals surface area contributed by atoms with Crippen molar-refractivity contribution < 1.29 is 19.8 Å². The van der Waals surface area contributed by atoms with E-state index in [2.05, 4.69) is 12.2 Å². The molecule has 0 aromatic rings. The minimum atomic E-state index is -1.27. The molecule has 6 nitrogen and oxygen atoms in total. The molecule has 0 aromatic heterocycles. The Kier molecular flexibility index (Phi) is 5.60. The molecule has 0 spiro atoms. The van der Waals surface area contributed by atoms with Gasteiger partial charge in [-0.05, 0) is 25.7 Å². The summed E-state index contributed by atoms with van der Waals surface area (Å²) in [5.74, 6) is -0.812. The third-order valence-corrected chi connectivity index (χ3v) is 3.91. The van der Waals surface area contributed by atoms with Crippen molar-refractivity contribution in [2.45, 2.75) is 57.7 Å². The van der Waals surface area contributed by atoms with E-state index in [1.165, 1.54) is 13.3 Å². The third kappa shape index (κ3) is 4.09. The highest BCUT2D eigenvalue weighted by Gasteiger charge is 2.31. The number of hydrogen-bond acceptors (Lipinski definition) is 3. The van der Waals surface area contributed by atoms with E-state index in [9.17, 15) is 14.7 Å². The number of aliphatic hydroxyl groups is 1. The second-order valence-electron chi connectivity index (χ2n) is 5.45. The highest BCUT2D eigenvalue weighted by molar-refractivity contribution is 5.83. The van der Waals surface area contributed by atoms with Crippen molar-refractivity contribution >= 4 is 12.0 Å². The first-order valence-electron chi connectivity index (χ1n) is 6.78. The number of aliphatic carboxylic acids is 1. The van der Waals surface area contributed by atoms with E-state index in [1.807, 2.05) is 0 Å². The van der Waals surface area contributed by atoms with Gasteiger partial charge >= 0.3 is 12.0 Å². The predicted octanol–water partition coefficient (Wildman–Crippen LogP) is 1.04. The largest absolute Gasteiger partial charge is 0.480 e. The average Bonchev–Trinajstić information content (AvgIpc) is 2.34. The van der Waals surface area contributed by atoms with Crippen molar-refractivity contribution in [2.75, 3.05) is 7.05 Å². The van der Waals surface area contributed by atoms with Crippen LogP contribution in [0.3, 0.4) is 0 Å². The van der Waals surface area contributed by atoms with E-state index in [1.54, 1.807) is 11.9 Å². The normalized spacial score (nSPS) is 26.3. The summed E-state index contributed by atoms with van der Waals surface area (Å²) in [5, 5.41) is 20.7. The SMILES string of the molecule is CC1CCCCC1N(C)C(=O)N[C@H](C(=O)O)[C@@H](C)O. The lowest BCUT2D eigenvalue weighted by molar-refractivity contribution is -0.141. The molecule has 0 saturated heterocycles. The zero-order valence-electron chi connectivity index (χ0n) is 11.8. The molecule has 2 amide bonds. The Labute approximate surface area is 113 Å².